The second kappa shape index (κ2) is 10.3. The molecule has 3 N–H and O–H groups in total. The molecule has 6 nitrogen and oxygen atoms in total. The van der Waals surface area contributed by atoms with E-state index in [0.29, 0.717) is 29.4 Å². The molecule has 4 rings (SSSR count). The Bertz CT molecular complexity index is 1120. The zero-order valence-corrected chi connectivity index (χ0v) is 19.2. The summed E-state index contributed by atoms with van der Waals surface area (Å²) in [6, 6.07) is 4.05. The van der Waals surface area contributed by atoms with Crippen molar-refractivity contribution < 1.29 is 17.9 Å². The van der Waals surface area contributed by atoms with Gasteiger partial charge < -0.3 is 20.7 Å². The fraction of sp³-hybridized carbons (Fsp3) is 0.360. The average molecular weight is 472 g/mol. The van der Waals surface area contributed by atoms with Crippen molar-refractivity contribution in [2.24, 2.45) is 0 Å². The van der Waals surface area contributed by atoms with E-state index in [0.717, 1.165) is 43.5 Å². The van der Waals surface area contributed by atoms with E-state index in [2.05, 4.69) is 25.9 Å². The molecule has 1 aliphatic carbocycles. The number of nitrogens with zero attached hydrogens (tertiary/aromatic N) is 2. The van der Waals surface area contributed by atoms with Crippen LogP contribution in [0.1, 0.15) is 36.0 Å². The maximum Gasteiger partial charge on any atom is 0.416 e. The molecular weight excluding hydrogens is 443 g/mol. The Labute approximate surface area is 197 Å². The lowest BCUT2D eigenvalue weighted by Crippen LogP contribution is -2.32. The van der Waals surface area contributed by atoms with Gasteiger partial charge >= 0.3 is 6.18 Å². The van der Waals surface area contributed by atoms with Crippen molar-refractivity contribution in [2.45, 2.75) is 45.4 Å². The van der Waals surface area contributed by atoms with Crippen molar-refractivity contribution in [3.8, 4) is 0 Å². The fourth-order valence-corrected chi connectivity index (χ4v) is 3.86. The first kappa shape index (κ1) is 23.8. The predicted octanol–water partition coefficient (Wildman–Crippen LogP) is 5.76. The number of allylic oxidation sites excluding steroid dienone is 4. The molecule has 1 aromatic heterocycles. The largest absolute Gasteiger partial charge is 0.491 e. The van der Waals surface area contributed by atoms with Crippen molar-refractivity contribution >= 4 is 17.5 Å². The zero-order valence-electron chi connectivity index (χ0n) is 19.2. The van der Waals surface area contributed by atoms with E-state index in [-0.39, 0.29) is 11.7 Å². The van der Waals surface area contributed by atoms with Crippen LogP contribution in [0.2, 0.25) is 0 Å². The van der Waals surface area contributed by atoms with Crippen molar-refractivity contribution in [1.82, 2.24) is 15.3 Å². The summed E-state index contributed by atoms with van der Waals surface area (Å²) in [4.78, 5) is 8.82. The number of benzene rings is 1. The predicted molar refractivity (Wildman–Crippen MR) is 127 cm³/mol. The summed E-state index contributed by atoms with van der Waals surface area (Å²) in [5, 5.41) is 9.54. The Morgan fingerprint density at radius 1 is 1.06 bits per heavy atom. The molecule has 34 heavy (non-hydrogen) atoms. The molecule has 0 bridgehead atoms. The average Bonchev–Trinajstić information content (AvgIpc) is 3.02. The highest BCUT2D eigenvalue weighted by molar-refractivity contribution is 5.65. The summed E-state index contributed by atoms with van der Waals surface area (Å²) in [6.45, 7) is 5.18. The molecule has 0 spiro atoms. The van der Waals surface area contributed by atoms with Crippen LogP contribution >= 0.6 is 0 Å². The molecule has 2 aromatic rings. The van der Waals surface area contributed by atoms with Crippen LogP contribution in [0.25, 0.3) is 0 Å². The smallest absolute Gasteiger partial charge is 0.416 e. The van der Waals surface area contributed by atoms with E-state index in [9.17, 15) is 13.2 Å². The Morgan fingerprint density at radius 3 is 2.62 bits per heavy atom. The van der Waals surface area contributed by atoms with Crippen molar-refractivity contribution in [1.29, 1.82) is 0 Å². The quantitative estimate of drug-likeness (QED) is 0.497. The normalized spacial score (nSPS) is 17.0. The summed E-state index contributed by atoms with van der Waals surface area (Å²) in [5.41, 5.74) is 1.31. The number of aryl methyl sites for hydroxylation is 1. The zero-order chi connectivity index (χ0) is 24.1. The number of hydrogen-bond acceptors (Lipinski definition) is 6. The van der Waals surface area contributed by atoms with Gasteiger partial charge in [0.2, 0.25) is 5.95 Å². The number of ether oxygens (including phenoxy) is 1. The highest BCUT2D eigenvalue weighted by Gasteiger charge is 2.33. The second-order valence-electron chi connectivity index (χ2n) is 8.35. The van der Waals surface area contributed by atoms with Crippen LogP contribution in [0.4, 0.5) is 30.6 Å². The maximum absolute atomic E-state index is 13.3. The van der Waals surface area contributed by atoms with Gasteiger partial charge in [0.1, 0.15) is 17.7 Å². The highest BCUT2D eigenvalue weighted by Crippen LogP contribution is 2.35. The van der Waals surface area contributed by atoms with Crippen molar-refractivity contribution in [3.63, 3.8) is 0 Å². The molecule has 180 valence electrons. The Hall–Kier alpha value is -3.33. The van der Waals surface area contributed by atoms with E-state index in [1.165, 1.54) is 13.0 Å². The number of anilines is 3. The summed E-state index contributed by atoms with van der Waals surface area (Å²) in [6.07, 6.45) is 7.97. The van der Waals surface area contributed by atoms with Gasteiger partial charge in [0, 0.05) is 23.1 Å². The third kappa shape index (κ3) is 5.96. The molecule has 2 aliphatic rings. The van der Waals surface area contributed by atoms with Crippen molar-refractivity contribution in [2.75, 3.05) is 23.7 Å². The summed E-state index contributed by atoms with van der Waals surface area (Å²) in [5.74, 6) is 1.62. The van der Waals surface area contributed by atoms with Crippen LogP contribution < -0.4 is 16.0 Å². The van der Waals surface area contributed by atoms with Crippen LogP contribution in [0, 0.1) is 13.8 Å². The third-order valence-corrected chi connectivity index (χ3v) is 5.79. The molecule has 2 heterocycles. The van der Waals surface area contributed by atoms with Gasteiger partial charge in [-0.2, -0.15) is 18.2 Å². The Kier molecular flexibility index (Phi) is 7.21. The minimum Gasteiger partial charge on any atom is -0.491 e. The van der Waals surface area contributed by atoms with Gasteiger partial charge in [0.15, 0.2) is 0 Å². The van der Waals surface area contributed by atoms with Crippen LogP contribution in [0.15, 0.2) is 60.2 Å². The number of nitrogens with one attached hydrogen (secondary N) is 3. The van der Waals surface area contributed by atoms with Gasteiger partial charge in [0.25, 0.3) is 0 Å². The molecule has 0 atom stereocenters. The van der Waals surface area contributed by atoms with Crippen LogP contribution in [0.3, 0.4) is 0 Å². The molecule has 1 aromatic carbocycles. The molecular formula is C25H28F3N5O. The molecule has 1 fully saturated rings. The minimum absolute atomic E-state index is 0.115. The minimum atomic E-state index is -4.42. The number of aromatic nitrogens is 2. The lowest BCUT2D eigenvalue weighted by Gasteiger charge is -2.24. The SMILES string of the molecule is Cc1cnc(NC2=CCC=C(OC3CCNCC3)C=C2)nc1Nc1cccc(C(F)(F)F)c1C. The summed E-state index contributed by atoms with van der Waals surface area (Å²) < 4.78 is 45.9. The number of piperidine rings is 1. The summed E-state index contributed by atoms with van der Waals surface area (Å²) in [7, 11) is 0. The van der Waals surface area contributed by atoms with Gasteiger partial charge in [-0.1, -0.05) is 12.1 Å². The molecule has 0 saturated carbocycles. The first-order valence-electron chi connectivity index (χ1n) is 11.3. The topological polar surface area (TPSA) is 71.1 Å². The van der Waals surface area contributed by atoms with E-state index in [4.69, 9.17) is 4.74 Å². The molecule has 1 aliphatic heterocycles. The Morgan fingerprint density at radius 2 is 1.85 bits per heavy atom. The van der Waals surface area contributed by atoms with Gasteiger partial charge in [-0.25, -0.2) is 4.98 Å². The van der Waals surface area contributed by atoms with Gasteiger partial charge in [-0.3, -0.25) is 0 Å². The number of halogens is 3. The number of hydrogen-bond donors (Lipinski definition) is 3. The molecule has 0 unspecified atom stereocenters. The van der Waals surface area contributed by atoms with E-state index in [1.807, 2.05) is 24.3 Å². The highest BCUT2D eigenvalue weighted by atomic mass is 19.4. The molecule has 0 amide bonds. The van der Waals surface area contributed by atoms with Gasteiger partial charge in [0.05, 0.1) is 5.56 Å². The first-order valence-corrected chi connectivity index (χ1v) is 11.3. The molecule has 0 radical (unpaired) electrons. The van der Waals surface area contributed by atoms with E-state index in [1.54, 1.807) is 19.2 Å². The third-order valence-electron chi connectivity index (χ3n) is 5.79. The van der Waals surface area contributed by atoms with Gasteiger partial charge in [-0.05, 0) is 82.1 Å². The first-order chi connectivity index (χ1) is 16.3. The standard InChI is InChI=1S/C25H28F3N5O/c1-16-15-30-24(33-23(16)32-22-8-4-7-21(17(22)2)25(26,27)28)31-18-5-3-6-19(10-9-18)34-20-11-13-29-14-12-20/h4-10,15,20,29H,3,11-14H2,1-2H3,(H2,30,31,32,33). The van der Waals surface area contributed by atoms with Crippen molar-refractivity contribution in [3.05, 3.63) is 76.8 Å². The lowest BCUT2D eigenvalue weighted by atomic mass is 10.1. The fourth-order valence-electron chi connectivity index (χ4n) is 3.86. The van der Waals surface area contributed by atoms with E-state index >= 15 is 0 Å². The lowest BCUT2D eigenvalue weighted by molar-refractivity contribution is -0.138. The van der Waals surface area contributed by atoms with Crippen LogP contribution in [-0.4, -0.2) is 29.2 Å². The second-order valence-corrected chi connectivity index (χ2v) is 8.35. The van der Waals surface area contributed by atoms with Crippen LogP contribution in [0.5, 0.6) is 0 Å². The van der Waals surface area contributed by atoms with Crippen LogP contribution in [-0.2, 0) is 10.9 Å². The maximum atomic E-state index is 13.3. The van der Waals surface area contributed by atoms with Gasteiger partial charge in [-0.15, -0.1) is 0 Å². The Balaban J connectivity index is 1.45. The summed E-state index contributed by atoms with van der Waals surface area (Å²) >= 11 is 0. The van der Waals surface area contributed by atoms with E-state index < -0.39 is 11.7 Å². The number of alkyl halides is 3. The monoisotopic (exact) mass is 471 g/mol. The molecule has 1 saturated heterocycles. The molecule has 9 heteroatoms. The number of rotatable bonds is 6.